The zero-order valence-corrected chi connectivity index (χ0v) is 10.4. The van der Waals surface area contributed by atoms with E-state index in [0.29, 0.717) is 6.04 Å². The summed E-state index contributed by atoms with van der Waals surface area (Å²) in [5.41, 5.74) is 0. The number of hydrogen-bond donors (Lipinski definition) is 1. The molecule has 16 heavy (non-hydrogen) atoms. The molecule has 2 aliphatic rings. The van der Waals surface area contributed by atoms with Crippen molar-refractivity contribution in [3.63, 3.8) is 0 Å². The topological polar surface area (TPSA) is 32.3 Å². The Morgan fingerprint density at radius 1 is 1.31 bits per heavy atom. The maximum Gasteiger partial charge on any atom is 0.219 e. The number of rotatable bonds is 3. The zero-order valence-electron chi connectivity index (χ0n) is 10.4. The molecule has 0 aromatic heterocycles. The average molecular weight is 224 g/mol. The van der Waals surface area contributed by atoms with Gasteiger partial charge in [0.1, 0.15) is 0 Å². The molecular formula is C13H24N2O. The van der Waals surface area contributed by atoms with Gasteiger partial charge in [0, 0.05) is 32.6 Å². The first-order valence-corrected chi connectivity index (χ1v) is 6.74. The molecule has 0 radical (unpaired) electrons. The maximum absolute atomic E-state index is 11.3. The van der Waals surface area contributed by atoms with Crippen LogP contribution >= 0.6 is 0 Å². The van der Waals surface area contributed by atoms with Gasteiger partial charge in [-0.25, -0.2) is 0 Å². The number of carbonyl (C=O) groups is 1. The van der Waals surface area contributed by atoms with Crippen LogP contribution in [0.2, 0.25) is 0 Å². The van der Waals surface area contributed by atoms with E-state index in [1.54, 1.807) is 6.92 Å². The lowest BCUT2D eigenvalue weighted by molar-refractivity contribution is -0.130. The summed E-state index contributed by atoms with van der Waals surface area (Å²) in [5.74, 6) is 1.20. The minimum absolute atomic E-state index is 0.229. The molecule has 1 unspecified atom stereocenters. The second-order valence-electron chi connectivity index (χ2n) is 5.34. The van der Waals surface area contributed by atoms with Gasteiger partial charge in [0.15, 0.2) is 0 Å². The lowest BCUT2D eigenvalue weighted by atomic mass is 9.97. The molecule has 1 saturated heterocycles. The number of carbonyl (C=O) groups excluding carboxylic acids is 1. The minimum Gasteiger partial charge on any atom is -0.340 e. The molecule has 0 spiro atoms. The fraction of sp³-hybridized carbons (Fsp3) is 0.923. The van der Waals surface area contributed by atoms with E-state index < -0.39 is 0 Å². The standard InChI is InChI=1S/C13H24N2O/c1-11(16)15-9-8-14-13(10-15)7-6-12-4-2-3-5-12/h12-14H,2-10H2,1H3. The first-order valence-electron chi connectivity index (χ1n) is 6.74. The zero-order chi connectivity index (χ0) is 11.4. The van der Waals surface area contributed by atoms with Gasteiger partial charge in [-0.2, -0.15) is 0 Å². The van der Waals surface area contributed by atoms with Crippen LogP contribution in [0.3, 0.4) is 0 Å². The van der Waals surface area contributed by atoms with Crippen molar-refractivity contribution in [3.05, 3.63) is 0 Å². The SMILES string of the molecule is CC(=O)N1CCNC(CCC2CCCC2)C1. The molecule has 2 rings (SSSR count). The van der Waals surface area contributed by atoms with Crippen LogP contribution in [0.25, 0.3) is 0 Å². The van der Waals surface area contributed by atoms with Crippen molar-refractivity contribution in [2.75, 3.05) is 19.6 Å². The van der Waals surface area contributed by atoms with E-state index in [0.717, 1.165) is 25.6 Å². The summed E-state index contributed by atoms with van der Waals surface area (Å²) in [6.07, 6.45) is 8.33. The predicted octanol–water partition coefficient (Wildman–Crippen LogP) is 1.78. The van der Waals surface area contributed by atoms with E-state index in [4.69, 9.17) is 0 Å². The van der Waals surface area contributed by atoms with E-state index in [1.807, 2.05) is 4.90 Å². The van der Waals surface area contributed by atoms with Gasteiger partial charge in [-0.3, -0.25) is 4.79 Å². The summed E-state index contributed by atoms with van der Waals surface area (Å²) in [5, 5.41) is 3.53. The lowest BCUT2D eigenvalue weighted by Crippen LogP contribution is -2.52. The number of piperazine rings is 1. The second-order valence-corrected chi connectivity index (χ2v) is 5.34. The van der Waals surface area contributed by atoms with Crippen molar-refractivity contribution in [3.8, 4) is 0 Å². The van der Waals surface area contributed by atoms with Crippen molar-refractivity contribution in [2.24, 2.45) is 5.92 Å². The highest BCUT2D eigenvalue weighted by Crippen LogP contribution is 2.29. The molecule has 1 amide bonds. The average Bonchev–Trinajstić information content (AvgIpc) is 2.79. The number of nitrogens with zero attached hydrogens (tertiary/aromatic N) is 1. The second kappa shape index (κ2) is 5.67. The maximum atomic E-state index is 11.3. The monoisotopic (exact) mass is 224 g/mol. The number of nitrogens with one attached hydrogen (secondary N) is 1. The third kappa shape index (κ3) is 3.21. The number of amides is 1. The van der Waals surface area contributed by atoms with Crippen molar-refractivity contribution in [1.29, 1.82) is 0 Å². The highest BCUT2D eigenvalue weighted by molar-refractivity contribution is 5.73. The Hall–Kier alpha value is -0.570. The first kappa shape index (κ1) is 11.9. The largest absolute Gasteiger partial charge is 0.340 e. The highest BCUT2D eigenvalue weighted by atomic mass is 16.2. The van der Waals surface area contributed by atoms with E-state index in [-0.39, 0.29) is 5.91 Å². The van der Waals surface area contributed by atoms with Gasteiger partial charge in [0.05, 0.1) is 0 Å². The fourth-order valence-electron chi connectivity index (χ4n) is 3.04. The molecule has 1 N–H and O–H groups in total. The Bertz CT molecular complexity index is 236. The molecule has 0 aromatic rings. The molecule has 1 aliphatic heterocycles. The summed E-state index contributed by atoms with van der Waals surface area (Å²) in [6, 6.07) is 0.540. The lowest BCUT2D eigenvalue weighted by Gasteiger charge is -2.33. The van der Waals surface area contributed by atoms with E-state index in [9.17, 15) is 4.79 Å². The van der Waals surface area contributed by atoms with Crippen LogP contribution < -0.4 is 5.32 Å². The first-order chi connectivity index (χ1) is 7.75. The highest BCUT2D eigenvalue weighted by Gasteiger charge is 2.22. The third-order valence-corrected chi connectivity index (χ3v) is 4.10. The Morgan fingerprint density at radius 3 is 2.75 bits per heavy atom. The van der Waals surface area contributed by atoms with Gasteiger partial charge < -0.3 is 10.2 Å². The van der Waals surface area contributed by atoms with Crippen LogP contribution in [0.4, 0.5) is 0 Å². The molecule has 0 aromatic carbocycles. The van der Waals surface area contributed by atoms with E-state index >= 15 is 0 Å². The van der Waals surface area contributed by atoms with Gasteiger partial charge in [-0.15, -0.1) is 0 Å². The van der Waals surface area contributed by atoms with Crippen LogP contribution in [0.15, 0.2) is 0 Å². The molecule has 2 fully saturated rings. The van der Waals surface area contributed by atoms with Gasteiger partial charge >= 0.3 is 0 Å². The molecule has 3 nitrogen and oxygen atoms in total. The van der Waals surface area contributed by atoms with Crippen LogP contribution in [0.5, 0.6) is 0 Å². The third-order valence-electron chi connectivity index (χ3n) is 4.10. The van der Waals surface area contributed by atoms with Gasteiger partial charge in [-0.1, -0.05) is 25.7 Å². The van der Waals surface area contributed by atoms with Crippen molar-refractivity contribution < 1.29 is 4.79 Å². The van der Waals surface area contributed by atoms with E-state index in [2.05, 4.69) is 5.32 Å². The Kier molecular flexibility index (Phi) is 4.22. The quantitative estimate of drug-likeness (QED) is 0.792. The fourth-order valence-corrected chi connectivity index (χ4v) is 3.04. The van der Waals surface area contributed by atoms with Crippen molar-refractivity contribution >= 4 is 5.91 Å². The van der Waals surface area contributed by atoms with E-state index in [1.165, 1.54) is 38.5 Å². The van der Waals surface area contributed by atoms with Gasteiger partial charge in [0.25, 0.3) is 0 Å². The molecule has 0 bridgehead atoms. The Balaban J connectivity index is 1.70. The Morgan fingerprint density at radius 2 is 2.06 bits per heavy atom. The molecule has 1 heterocycles. The Labute approximate surface area is 98.6 Å². The van der Waals surface area contributed by atoms with Crippen molar-refractivity contribution in [1.82, 2.24) is 10.2 Å². The van der Waals surface area contributed by atoms with Gasteiger partial charge in [0.2, 0.25) is 5.91 Å². The molecule has 1 saturated carbocycles. The van der Waals surface area contributed by atoms with Crippen LogP contribution in [-0.2, 0) is 4.79 Å². The molecule has 1 aliphatic carbocycles. The summed E-state index contributed by atoms with van der Waals surface area (Å²) in [7, 11) is 0. The number of hydrogen-bond acceptors (Lipinski definition) is 2. The van der Waals surface area contributed by atoms with Crippen LogP contribution in [-0.4, -0.2) is 36.5 Å². The summed E-state index contributed by atoms with van der Waals surface area (Å²) < 4.78 is 0. The summed E-state index contributed by atoms with van der Waals surface area (Å²) in [6.45, 7) is 4.45. The predicted molar refractivity (Wildman–Crippen MR) is 65.2 cm³/mol. The summed E-state index contributed by atoms with van der Waals surface area (Å²) in [4.78, 5) is 13.3. The molecule has 1 atom stereocenters. The minimum atomic E-state index is 0.229. The van der Waals surface area contributed by atoms with Crippen LogP contribution in [0.1, 0.15) is 45.4 Å². The van der Waals surface area contributed by atoms with Gasteiger partial charge in [-0.05, 0) is 18.8 Å². The van der Waals surface area contributed by atoms with Crippen LogP contribution in [0, 0.1) is 5.92 Å². The molecule has 3 heteroatoms. The normalized spacial score (nSPS) is 27.3. The smallest absolute Gasteiger partial charge is 0.219 e. The molecule has 92 valence electrons. The molecular weight excluding hydrogens is 200 g/mol. The summed E-state index contributed by atoms with van der Waals surface area (Å²) >= 11 is 0. The van der Waals surface area contributed by atoms with Crippen molar-refractivity contribution in [2.45, 2.75) is 51.5 Å².